The number of alkyl halides is 3. The first-order valence-electron chi connectivity index (χ1n) is 7.60. The van der Waals surface area contributed by atoms with E-state index in [-0.39, 0.29) is 21.3 Å². The van der Waals surface area contributed by atoms with Gasteiger partial charge in [-0.15, -0.1) is 0 Å². The van der Waals surface area contributed by atoms with E-state index in [1.165, 1.54) is 12.1 Å². The van der Waals surface area contributed by atoms with Crippen molar-refractivity contribution in [3.63, 3.8) is 0 Å². The smallest absolute Gasteiger partial charge is 0.417 e. The minimum Gasteiger partial charge on any atom is -0.494 e. The van der Waals surface area contributed by atoms with Gasteiger partial charge in [0, 0.05) is 15.6 Å². The Labute approximate surface area is 157 Å². The number of rotatable bonds is 1. The van der Waals surface area contributed by atoms with Crippen LogP contribution in [0.25, 0.3) is 5.69 Å². The van der Waals surface area contributed by atoms with Crippen molar-refractivity contribution in [1.29, 1.82) is 0 Å². The van der Waals surface area contributed by atoms with Crippen molar-refractivity contribution in [2.45, 2.75) is 29.5 Å². The third-order valence-electron chi connectivity index (χ3n) is 5.12. The number of hydrogen-bond acceptors (Lipinski definition) is 3. The maximum Gasteiger partial charge on any atom is 0.417 e. The molecule has 0 fully saturated rings. The summed E-state index contributed by atoms with van der Waals surface area (Å²) in [7, 11) is -1.44. The molecule has 0 amide bonds. The number of aromatic hydroxyl groups is 2. The number of halogens is 4. The molecule has 1 aromatic heterocycles. The molecule has 4 rings (SSSR count). The molecule has 0 saturated carbocycles. The molecule has 2 bridgehead atoms. The first kappa shape index (κ1) is 17.7. The van der Waals surface area contributed by atoms with Gasteiger partial charge in [-0.1, -0.05) is 28.1 Å². The second-order valence-electron chi connectivity index (χ2n) is 6.71. The second kappa shape index (κ2) is 4.95. The Kier molecular flexibility index (Phi) is 3.36. The summed E-state index contributed by atoms with van der Waals surface area (Å²) in [6.45, 7) is 3.34. The highest BCUT2D eigenvalue weighted by Crippen LogP contribution is 2.63. The van der Waals surface area contributed by atoms with Crippen molar-refractivity contribution in [1.82, 2.24) is 4.57 Å². The first-order valence-corrected chi connectivity index (χ1v) is 9.54. The summed E-state index contributed by atoms with van der Waals surface area (Å²) in [6, 6.07) is 3.40. The number of fused-ring (bicyclic) bond motifs is 5. The molecule has 9 heteroatoms. The molecule has 26 heavy (non-hydrogen) atoms. The molecule has 2 N–H and O–H groups in total. The highest BCUT2D eigenvalue weighted by Gasteiger charge is 2.61. The van der Waals surface area contributed by atoms with E-state index in [1.54, 1.807) is 26.0 Å². The zero-order chi connectivity index (χ0) is 19.2. The van der Waals surface area contributed by atoms with Gasteiger partial charge in [-0.05, 0) is 32.0 Å². The van der Waals surface area contributed by atoms with Crippen LogP contribution < -0.4 is 0 Å². The maximum absolute atomic E-state index is 13.2. The number of aromatic nitrogens is 1. The lowest BCUT2D eigenvalue weighted by Crippen LogP contribution is -2.23. The van der Waals surface area contributed by atoms with Crippen LogP contribution in [-0.4, -0.2) is 19.0 Å². The third-order valence-corrected chi connectivity index (χ3v) is 8.03. The number of hydrogen-bond donors (Lipinski definition) is 2. The standard InChI is InChI=1S/C17H13BrF3NO3S/c1-15-5-6-16(2,26(15)25)12-11(15)13(23)22(14(12)24)8-3-4-10(18)9(7-8)17(19,20)21/h3-7,23-24H,1-2H3. The lowest BCUT2D eigenvalue weighted by Gasteiger charge is -2.20. The molecule has 138 valence electrons. The number of nitrogens with zero attached hydrogens (tertiary/aromatic N) is 1. The normalized spacial score (nSPS) is 29.4. The second-order valence-corrected chi connectivity index (χ2v) is 9.80. The fraction of sp³-hybridized carbons (Fsp3) is 0.294. The number of benzene rings is 1. The van der Waals surface area contributed by atoms with Crippen LogP contribution >= 0.6 is 15.9 Å². The highest BCUT2D eigenvalue weighted by molar-refractivity contribution is 9.10. The van der Waals surface area contributed by atoms with Crippen LogP contribution in [0.2, 0.25) is 0 Å². The van der Waals surface area contributed by atoms with E-state index in [0.29, 0.717) is 0 Å². The van der Waals surface area contributed by atoms with Crippen molar-refractivity contribution < 1.29 is 27.6 Å². The fourth-order valence-corrected chi connectivity index (χ4v) is 6.33. The van der Waals surface area contributed by atoms with E-state index in [1.807, 2.05) is 0 Å². The van der Waals surface area contributed by atoms with Gasteiger partial charge in [0.15, 0.2) is 0 Å². The van der Waals surface area contributed by atoms with Crippen LogP contribution in [0.3, 0.4) is 0 Å². The van der Waals surface area contributed by atoms with Crippen LogP contribution in [0.15, 0.2) is 34.8 Å². The Hall–Kier alpha value is -1.74. The largest absolute Gasteiger partial charge is 0.494 e. The molecule has 2 atom stereocenters. The van der Waals surface area contributed by atoms with E-state index >= 15 is 0 Å². The average Bonchev–Trinajstić information content (AvgIpc) is 3.01. The molecule has 1 aromatic carbocycles. The molecule has 0 aliphatic carbocycles. The maximum atomic E-state index is 13.2. The van der Waals surface area contributed by atoms with E-state index in [2.05, 4.69) is 15.9 Å². The summed E-state index contributed by atoms with van der Waals surface area (Å²) < 4.78 is 51.2. The Morgan fingerprint density at radius 2 is 1.58 bits per heavy atom. The lowest BCUT2D eigenvalue weighted by molar-refractivity contribution is -0.138. The summed E-state index contributed by atoms with van der Waals surface area (Å²) >= 11 is 2.87. The van der Waals surface area contributed by atoms with Crippen molar-refractivity contribution in [2.24, 2.45) is 0 Å². The van der Waals surface area contributed by atoms with Gasteiger partial charge >= 0.3 is 6.18 Å². The van der Waals surface area contributed by atoms with Gasteiger partial charge in [-0.3, -0.25) is 8.78 Å². The lowest BCUT2D eigenvalue weighted by atomic mass is 9.86. The third kappa shape index (κ3) is 1.93. The minimum atomic E-state index is -4.60. The van der Waals surface area contributed by atoms with Crippen LogP contribution in [0.1, 0.15) is 30.5 Å². The van der Waals surface area contributed by atoms with Crippen molar-refractivity contribution >= 4 is 26.7 Å². The molecule has 2 aromatic rings. The molecule has 0 spiro atoms. The summed E-state index contributed by atoms with van der Waals surface area (Å²) in [4.78, 5) is 0. The summed E-state index contributed by atoms with van der Waals surface area (Å²) in [5.74, 6) is -0.811. The summed E-state index contributed by atoms with van der Waals surface area (Å²) in [5.41, 5.74) is -0.392. The van der Waals surface area contributed by atoms with E-state index in [9.17, 15) is 27.6 Å². The molecule has 3 heterocycles. The molecule has 0 radical (unpaired) electrons. The van der Waals surface area contributed by atoms with Crippen LogP contribution in [0.4, 0.5) is 13.2 Å². The summed E-state index contributed by atoms with van der Waals surface area (Å²) in [5, 5.41) is 21.4. The fourth-order valence-electron chi connectivity index (χ4n) is 3.84. The van der Waals surface area contributed by atoms with Gasteiger partial charge in [0.2, 0.25) is 11.8 Å². The van der Waals surface area contributed by atoms with E-state index < -0.39 is 43.8 Å². The van der Waals surface area contributed by atoms with Gasteiger partial charge in [-0.25, -0.2) is 0 Å². The zero-order valence-electron chi connectivity index (χ0n) is 13.6. The molecule has 0 saturated heterocycles. The van der Waals surface area contributed by atoms with Gasteiger partial charge in [0.25, 0.3) is 0 Å². The summed E-state index contributed by atoms with van der Waals surface area (Å²) in [6.07, 6.45) is -1.19. The van der Waals surface area contributed by atoms with Gasteiger partial charge in [-0.2, -0.15) is 13.2 Å². The SMILES string of the molecule is CC12C=CC(C)(c3c1c(O)n(-c1ccc(Br)c(C(F)(F)F)c1)c3O)S2=O. The molecular formula is C17H13BrF3NO3S. The average molecular weight is 448 g/mol. The molecule has 4 nitrogen and oxygen atoms in total. The van der Waals surface area contributed by atoms with Gasteiger partial charge in [0.05, 0.1) is 31.5 Å². The highest BCUT2D eigenvalue weighted by atomic mass is 79.9. The van der Waals surface area contributed by atoms with Gasteiger partial charge < -0.3 is 10.2 Å². The van der Waals surface area contributed by atoms with Crippen LogP contribution in [0, 0.1) is 0 Å². The topological polar surface area (TPSA) is 62.5 Å². The monoisotopic (exact) mass is 447 g/mol. The molecule has 2 aliphatic heterocycles. The van der Waals surface area contributed by atoms with Crippen LogP contribution in [0.5, 0.6) is 11.8 Å². The van der Waals surface area contributed by atoms with E-state index in [0.717, 1.165) is 10.6 Å². The Morgan fingerprint density at radius 3 is 2.04 bits per heavy atom. The molecular weight excluding hydrogens is 435 g/mol. The van der Waals surface area contributed by atoms with Crippen molar-refractivity contribution in [3.05, 3.63) is 51.5 Å². The Bertz CT molecular complexity index is 984. The minimum absolute atomic E-state index is 0.0395. The predicted molar refractivity (Wildman–Crippen MR) is 93.8 cm³/mol. The van der Waals surface area contributed by atoms with Crippen molar-refractivity contribution in [3.8, 4) is 17.4 Å². The van der Waals surface area contributed by atoms with Gasteiger partial charge in [0.1, 0.15) is 0 Å². The van der Waals surface area contributed by atoms with E-state index in [4.69, 9.17) is 0 Å². The Balaban J connectivity index is 1.99. The molecule has 2 unspecified atom stereocenters. The Morgan fingerprint density at radius 1 is 1.08 bits per heavy atom. The van der Waals surface area contributed by atoms with Crippen LogP contribution in [-0.2, 0) is 26.5 Å². The molecule has 2 aliphatic rings. The predicted octanol–water partition coefficient (Wildman–Crippen LogP) is 4.43. The quantitative estimate of drug-likeness (QED) is 0.635. The zero-order valence-corrected chi connectivity index (χ0v) is 16.0. The van der Waals surface area contributed by atoms with Crippen molar-refractivity contribution in [2.75, 3.05) is 0 Å². The first-order chi connectivity index (χ1) is 11.9.